The van der Waals surface area contributed by atoms with E-state index in [9.17, 15) is 0 Å². The second kappa shape index (κ2) is 23.4. The monoisotopic (exact) mass is 356 g/mol. The van der Waals surface area contributed by atoms with E-state index in [1.54, 1.807) is 0 Å². The first-order valence-corrected chi connectivity index (χ1v) is 12.6. The van der Waals surface area contributed by atoms with Crippen molar-refractivity contribution in [1.29, 1.82) is 0 Å². The summed E-state index contributed by atoms with van der Waals surface area (Å²) in [7, 11) is 0. The van der Waals surface area contributed by atoms with Crippen LogP contribution in [0.1, 0.15) is 136 Å². The van der Waals surface area contributed by atoms with E-state index < -0.39 is 0 Å². The Balaban J connectivity index is 2.93. The molecule has 0 spiro atoms. The van der Waals surface area contributed by atoms with Gasteiger partial charge in [0.05, 0.1) is 0 Å². The molecule has 24 heavy (non-hydrogen) atoms. The average Bonchev–Trinajstić information content (AvgIpc) is 2.60. The average molecular weight is 357 g/mol. The predicted octanol–water partition coefficient (Wildman–Crippen LogP) is 9.17. The summed E-state index contributed by atoms with van der Waals surface area (Å²) in [5.41, 5.74) is 0. The van der Waals surface area contributed by atoms with Crippen molar-refractivity contribution in [1.82, 2.24) is 0 Å². The first kappa shape index (κ1) is 24.4. The first-order chi connectivity index (χ1) is 11.9. The number of rotatable bonds is 21. The number of hydrogen-bond acceptors (Lipinski definition) is 1. The van der Waals surface area contributed by atoms with E-state index in [2.05, 4.69) is 25.6 Å². The second-order valence-electron chi connectivity index (χ2n) is 7.62. The molecule has 0 bridgehead atoms. The van der Waals surface area contributed by atoms with Gasteiger partial charge in [-0.25, -0.2) is 0 Å². The lowest BCUT2D eigenvalue weighted by Gasteiger charge is -2.04. The Morgan fingerprint density at radius 2 is 0.583 bits per heavy atom. The molecule has 0 fully saturated rings. The van der Waals surface area contributed by atoms with Gasteiger partial charge < -0.3 is 0 Å². The van der Waals surface area contributed by atoms with Crippen molar-refractivity contribution < 1.29 is 0 Å². The van der Waals surface area contributed by atoms with Crippen LogP contribution in [0.4, 0.5) is 0 Å². The number of hydrogen-bond donors (Lipinski definition) is 0. The fourth-order valence-corrected chi connectivity index (χ4v) is 4.33. The van der Waals surface area contributed by atoms with Crippen LogP contribution in [0.3, 0.4) is 0 Å². The minimum absolute atomic E-state index is 1.37. The van der Waals surface area contributed by atoms with Gasteiger partial charge in [0.15, 0.2) is 0 Å². The van der Waals surface area contributed by atoms with Crippen LogP contribution in [-0.4, -0.2) is 11.5 Å². The first-order valence-electron chi connectivity index (χ1n) is 11.5. The zero-order valence-corrected chi connectivity index (χ0v) is 18.1. The SMILES string of the molecule is CCCCCCCCCCCCCSCCCCCCCCCC. The van der Waals surface area contributed by atoms with Crippen molar-refractivity contribution in [3.63, 3.8) is 0 Å². The third-order valence-electron chi connectivity index (χ3n) is 5.03. The Bertz CT molecular complexity index is 180. The van der Waals surface area contributed by atoms with E-state index >= 15 is 0 Å². The Morgan fingerprint density at radius 3 is 0.875 bits per heavy atom. The van der Waals surface area contributed by atoms with Gasteiger partial charge in [-0.1, -0.05) is 123 Å². The quantitative estimate of drug-likeness (QED) is 0.185. The van der Waals surface area contributed by atoms with Gasteiger partial charge in [-0.3, -0.25) is 0 Å². The van der Waals surface area contributed by atoms with Crippen molar-refractivity contribution in [2.45, 2.75) is 136 Å². The standard InChI is InChI=1S/C23H48S/c1-3-5-7-9-11-13-14-15-17-19-21-23-24-22-20-18-16-12-10-8-6-4-2/h3-23H2,1-2H3. The fraction of sp³-hybridized carbons (Fsp3) is 1.00. The highest BCUT2D eigenvalue weighted by molar-refractivity contribution is 7.99. The predicted molar refractivity (Wildman–Crippen MR) is 116 cm³/mol. The van der Waals surface area contributed by atoms with Gasteiger partial charge in [-0.2, -0.15) is 11.8 Å². The van der Waals surface area contributed by atoms with Crippen LogP contribution in [-0.2, 0) is 0 Å². The molecule has 0 aromatic rings. The fourth-order valence-electron chi connectivity index (χ4n) is 3.31. The van der Waals surface area contributed by atoms with Gasteiger partial charge in [0.2, 0.25) is 0 Å². The van der Waals surface area contributed by atoms with Crippen LogP contribution in [0.15, 0.2) is 0 Å². The zero-order valence-electron chi connectivity index (χ0n) is 17.3. The summed E-state index contributed by atoms with van der Waals surface area (Å²) in [5.74, 6) is 2.82. The van der Waals surface area contributed by atoms with E-state index in [0.717, 1.165) is 0 Å². The molecule has 0 N–H and O–H groups in total. The van der Waals surface area contributed by atoms with Crippen LogP contribution >= 0.6 is 11.8 Å². The maximum atomic E-state index is 2.30. The van der Waals surface area contributed by atoms with Gasteiger partial charge in [0, 0.05) is 0 Å². The molecular formula is C23H48S. The molecule has 0 aliphatic heterocycles. The molecule has 0 unspecified atom stereocenters. The summed E-state index contributed by atoms with van der Waals surface area (Å²) in [6, 6.07) is 0. The number of thioether (sulfide) groups is 1. The van der Waals surface area contributed by atoms with Gasteiger partial charge in [-0.05, 0) is 24.3 Å². The lowest BCUT2D eigenvalue weighted by Crippen LogP contribution is -1.87. The van der Waals surface area contributed by atoms with Crippen molar-refractivity contribution in [2.75, 3.05) is 11.5 Å². The lowest BCUT2D eigenvalue weighted by atomic mass is 10.1. The van der Waals surface area contributed by atoms with Gasteiger partial charge in [0.1, 0.15) is 0 Å². The van der Waals surface area contributed by atoms with Crippen LogP contribution in [0, 0.1) is 0 Å². The van der Waals surface area contributed by atoms with Crippen LogP contribution < -0.4 is 0 Å². The lowest BCUT2D eigenvalue weighted by molar-refractivity contribution is 0.555. The molecule has 0 radical (unpaired) electrons. The van der Waals surface area contributed by atoms with Crippen LogP contribution in [0.2, 0.25) is 0 Å². The van der Waals surface area contributed by atoms with E-state index in [-0.39, 0.29) is 0 Å². The van der Waals surface area contributed by atoms with E-state index in [1.807, 2.05) is 0 Å². The minimum Gasteiger partial charge on any atom is -0.162 e. The van der Waals surface area contributed by atoms with Gasteiger partial charge in [-0.15, -0.1) is 0 Å². The third kappa shape index (κ3) is 22.4. The topological polar surface area (TPSA) is 0 Å². The van der Waals surface area contributed by atoms with Crippen molar-refractivity contribution in [3.05, 3.63) is 0 Å². The molecule has 0 aliphatic carbocycles. The summed E-state index contributed by atoms with van der Waals surface area (Å²) < 4.78 is 0. The van der Waals surface area contributed by atoms with Crippen LogP contribution in [0.5, 0.6) is 0 Å². The summed E-state index contributed by atoms with van der Waals surface area (Å²) in [6.07, 6.45) is 27.7. The largest absolute Gasteiger partial charge is 0.162 e. The molecular weight excluding hydrogens is 308 g/mol. The van der Waals surface area contributed by atoms with Gasteiger partial charge in [0.25, 0.3) is 0 Å². The normalized spacial score (nSPS) is 11.2. The second-order valence-corrected chi connectivity index (χ2v) is 8.85. The summed E-state index contributed by atoms with van der Waals surface area (Å²) in [5, 5.41) is 0. The van der Waals surface area contributed by atoms with Crippen LogP contribution in [0.25, 0.3) is 0 Å². The maximum Gasteiger partial charge on any atom is -0.00675 e. The summed E-state index contributed by atoms with van der Waals surface area (Å²) in [4.78, 5) is 0. The smallest absolute Gasteiger partial charge is 0.00675 e. The van der Waals surface area contributed by atoms with E-state index in [4.69, 9.17) is 0 Å². The highest BCUT2D eigenvalue weighted by Gasteiger charge is 1.95. The highest BCUT2D eigenvalue weighted by atomic mass is 32.2. The molecule has 0 saturated heterocycles. The molecule has 0 nitrogen and oxygen atoms in total. The molecule has 1 heteroatoms. The maximum absolute atomic E-state index is 2.30. The molecule has 0 heterocycles. The van der Waals surface area contributed by atoms with Gasteiger partial charge >= 0.3 is 0 Å². The Labute approximate surface area is 159 Å². The molecule has 0 atom stereocenters. The molecule has 0 aliphatic rings. The summed E-state index contributed by atoms with van der Waals surface area (Å²) in [6.45, 7) is 4.60. The zero-order chi connectivity index (χ0) is 17.6. The molecule has 0 amide bonds. The molecule has 0 aromatic heterocycles. The van der Waals surface area contributed by atoms with Crippen molar-refractivity contribution in [2.24, 2.45) is 0 Å². The Kier molecular flexibility index (Phi) is 23.7. The number of unbranched alkanes of at least 4 members (excludes halogenated alkanes) is 17. The Morgan fingerprint density at radius 1 is 0.333 bits per heavy atom. The van der Waals surface area contributed by atoms with E-state index in [1.165, 1.54) is 134 Å². The third-order valence-corrected chi connectivity index (χ3v) is 6.19. The molecule has 0 saturated carbocycles. The molecule has 146 valence electrons. The van der Waals surface area contributed by atoms with Crippen molar-refractivity contribution in [3.8, 4) is 0 Å². The minimum atomic E-state index is 1.37. The molecule has 0 aromatic carbocycles. The highest BCUT2D eigenvalue weighted by Crippen LogP contribution is 2.15. The van der Waals surface area contributed by atoms with Crippen molar-refractivity contribution >= 4 is 11.8 Å². The summed E-state index contributed by atoms with van der Waals surface area (Å²) >= 11 is 2.20. The molecule has 0 rings (SSSR count). The Hall–Kier alpha value is 0.350. The van der Waals surface area contributed by atoms with E-state index in [0.29, 0.717) is 0 Å².